The molecule has 0 bridgehead atoms. The van der Waals surface area contributed by atoms with Crippen molar-refractivity contribution >= 4 is 28.3 Å². The Balaban J connectivity index is 1.54. The summed E-state index contributed by atoms with van der Waals surface area (Å²) in [6.07, 6.45) is 3.24. The zero-order chi connectivity index (χ0) is 22.9. The van der Waals surface area contributed by atoms with Gasteiger partial charge in [0.05, 0.1) is 18.4 Å². The average Bonchev–Trinajstić information content (AvgIpc) is 3.23. The molecule has 0 spiro atoms. The molecule has 0 saturated carbocycles. The molecular weight excluding hydrogens is 438 g/mol. The van der Waals surface area contributed by atoms with Crippen molar-refractivity contribution in [3.8, 4) is 16.9 Å². The van der Waals surface area contributed by atoms with Gasteiger partial charge in [0.25, 0.3) is 5.56 Å². The van der Waals surface area contributed by atoms with E-state index in [4.69, 9.17) is 21.4 Å². The van der Waals surface area contributed by atoms with Gasteiger partial charge in [-0.05, 0) is 54.3 Å². The first-order valence-corrected chi connectivity index (χ1v) is 11.1. The number of nitrogens with zero attached hydrogens (tertiary/aromatic N) is 5. The van der Waals surface area contributed by atoms with Gasteiger partial charge in [0.15, 0.2) is 11.2 Å². The van der Waals surface area contributed by atoms with E-state index in [1.54, 1.807) is 22.4 Å². The molecule has 0 atom stereocenters. The number of rotatable bonds is 6. The van der Waals surface area contributed by atoms with Crippen LogP contribution in [-0.2, 0) is 19.4 Å². The minimum atomic E-state index is -0.183. The summed E-state index contributed by atoms with van der Waals surface area (Å²) in [6, 6.07) is 17.3. The van der Waals surface area contributed by atoms with E-state index in [-0.39, 0.29) is 5.56 Å². The van der Waals surface area contributed by atoms with Gasteiger partial charge >= 0.3 is 0 Å². The number of hydrogen-bond acceptors (Lipinski definition) is 5. The van der Waals surface area contributed by atoms with E-state index in [0.717, 1.165) is 34.6 Å². The Hall–Kier alpha value is -3.71. The van der Waals surface area contributed by atoms with E-state index in [2.05, 4.69) is 10.2 Å². The fourth-order valence-electron chi connectivity index (χ4n) is 4.01. The molecule has 3 aromatic heterocycles. The van der Waals surface area contributed by atoms with Crippen LogP contribution in [0, 0.1) is 0 Å². The SMILES string of the molecule is CCc1nn2c(nnc3c(=O)n(CCc4ccc(OC)cc4)ccc32)c1-c1ccc(Cl)cc1. The number of halogens is 1. The molecule has 0 radical (unpaired) electrons. The summed E-state index contributed by atoms with van der Waals surface area (Å²) < 4.78 is 8.59. The number of aromatic nitrogens is 5. The van der Waals surface area contributed by atoms with Crippen LogP contribution in [0.25, 0.3) is 27.8 Å². The van der Waals surface area contributed by atoms with Gasteiger partial charge in [0.1, 0.15) is 11.3 Å². The highest BCUT2D eigenvalue weighted by Gasteiger charge is 2.18. The maximum atomic E-state index is 13.1. The summed E-state index contributed by atoms with van der Waals surface area (Å²) in [5.74, 6) is 0.810. The van der Waals surface area contributed by atoms with Crippen LogP contribution in [0.2, 0.25) is 5.02 Å². The highest BCUT2D eigenvalue weighted by atomic mass is 35.5. The second kappa shape index (κ2) is 8.67. The van der Waals surface area contributed by atoms with Crippen LogP contribution in [0.1, 0.15) is 18.2 Å². The molecular formula is C25H22ClN5O2. The van der Waals surface area contributed by atoms with E-state index >= 15 is 0 Å². The van der Waals surface area contributed by atoms with Gasteiger partial charge in [-0.3, -0.25) is 4.79 Å². The fourth-order valence-corrected chi connectivity index (χ4v) is 4.13. The first-order valence-electron chi connectivity index (χ1n) is 10.8. The predicted molar refractivity (Wildman–Crippen MR) is 129 cm³/mol. The molecule has 0 saturated heterocycles. The number of methoxy groups -OCH3 is 1. The van der Waals surface area contributed by atoms with Crippen molar-refractivity contribution < 1.29 is 4.74 Å². The monoisotopic (exact) mass is 459 g/mol. The number of ether oxygens (including phenoxy) is 1. The Morgan fingerprint density at radius 3 is 2.45 bits per heavy atom. The van der Waals surface area contributed by atoms with Gasteiger partial charge < -0.3 is 9.30 Å². The van der Waals surface area contributed by atoms with Gasteiger partial charge in [-0.1, -0.05) is 42.8 Å². The molecule has 0 fully saturated rings. The average molecular weight is 460 g/mol. The van der Waals surface area contributed by atoms with Gasteiger partial charge in [0, 0.05) is 17.8 Å². The molecule has 7 nitrogen and oxygen atoms in total. The summed E-state index contributed by atoms with van der Waals surface area (Å²) in [5, 5.41) is 14.1. The van der Waals surface area contributed by atoms with Crippen molar-refractivity contribution in [1.29, 1.82) is 0 Å². The Morgan fingerprint density at radius 1 is 1.00 bits per heavy atom. The molecule has 0 unspecified atom stereocenters. The standard InChI is InChI=1S/C25H22ClN5O2/c1-3-20-22(17-6-8-18(26)9-7-17)24-28-27-23-21(31(24)29-20)13-15-30(25(23)32)14-12-16-4-10-19(33-2)11-5-16/h4-11,13,15H,3,12,14H2,1-2H3. The number of aryl methyl sites for hydroxylation is 3. The molecule has 0 N–H and O–H groups in total. The highest BCUT2D eigenvalue weighted by molar-refractivity contribution is 6.30. The zero-order valence-electron chi connectivity index (χ0n) is 18.3. The van der Waals surface area contributed by atoms with Crippen molar-refractivity contribution in [2.24, 2.45) is 0 Å². The second-order valence-electron chi connectivity index (χ2n) is 7.76. The summed E-state index contributed by atoms with van der Waals surface area (Å²) in [4.78, 5) is 13.1. The van der Waals surface area contributed by atoms with Crippen molar-refractivity contribution in [2.75, 3.05) is 7.11 Å². The van der Waals surface area contributed by atoms with Crippen LogP contribution in [0.3, 0.4) is 0 Å². The minimum Gasteiger partial charge on any atom is -0.497 e. The van der Waals surface area contributed by atoms with Gasteiger partial charge in [-0.25, -0.2) is 4.52 Å². The quantitative estimate of drug-likeness (QED) is 0.371. The molecule has 0 aliphatic rings. The van der Waals surface area contributed by atoms with Crippen LogP contribution >= 0.6 is 11.6 Å². The molecule has 166 valence electrons. The molecule has 5 aromatic rings. The molecule has 0 aliphatic carbocycles. The maximum Gasteiger partial charge on any atom is 0.280 e. The second-order valence-corrected chi connectivity index (χ2v) is 8.20. The lowest BCUT2D eigenvalue weighted by atomic mass is 10.0. The minimum absolute atomic E-state index is 0.183. The van der Waals surface area contributed by atoms with Gasteiger partial charge in [-0.2, -0.15) is 5.10 Å². The maximum absolute atomic E-state index is 13.1. The van der Waals surface area contributed by atoms with Gasteiger partial charge in [-0.15, -0.1) is 10.2 Å². The summed E-state index contributed by atoms with van der Waals surface area (Å²) >= 11 is 6.06. The number of pyridine rings is 1. The van der Waals surface area contributed by atoms with Crippen LogP contribution in [0.5, 0.6) is 5.75 Å². The molecule has 0 amide bonds. The van der Waals surface area contributed by atoms with Crippen LogP contribution in [0.4, 0.5) is 0 Å². The largest absolute Gasteiger partial charge is 0.497 e. The number of benzene rings is 2. The van der Waals surface area contributed by atoms with Crippen molar-refractivity contribution in [2.45, 2.75) is 26.3 Å². The zero-order valence-corrected chi connectivity index (χ0v) is 19.1. The fraction of sp³-hybridized carbons (Fsp3) is 0.200. The van der Waals surface area contributed by atoms with Crippen molar-refractivity contribution in [3.05, 3.63) is 87.4 Å². The van der Waals surface area contributed by atoms with Crippen LogP contribution in [-0.4, -0.2) is 31.5 Å². The third-order valence-electron chi connectivity index (χ3n) is 5.79. The Morgan fingerprint density at radius 2 is 1.76 bits per heavy atom. The summed E-state index contributed by atoms with van der Waals surface area (Å²) in [5.41, 5.74) is 5.27. The lowest BCUT2D eigenvalue weighted by Crippen LogP contribution is -2.22. The van der Waals surface area contributed by atoms with Gasteiger partial charge in [0.2, 0.25) is 0 Å². The topological polar surface area (TPSA) is 74.3 Å². The van der Waals surface area contributed by atoms with E-state index < -0.39 is 0 Å². The molecule has 3 heterocycles. The van der Waals surface area contributed by atoms with Crippen molar-refractivity contribution in [3.63, 3.8) is 0 Å². The Labute approximate surface area is 195 Å². The molecule has 8 heteroatoms. The lowest BCUT2D eigenvalue weighted by Gasteiger charge is -2.08. The van der Waals surface area contributed by atoms with E-state index in [0.29, 0.717) is 34.7 Å². The smallest absolute Gasteiger partial charge is 0.280 e. The van der Waals surface area contributed by atoms with E-state index in [9.17, 15) is 4.79 Å². The highest BCUT2D eigenvalue weighted by Crippen LogP contribution is 2.29. The summed E-state index contributed by atoms with van der Waals surface area (Å²) in [7, 11) is 1.64. The molecule has 5 rings (SSSR count). The van der Waals surface area contributed by atoms with E-state index in [1.165, 1.54) is 0 Å². The first-order chi connectivity index (χ1) is 16.1. The van der Waals surface area contributed by atoms with Crippen molar-refractivity contribution in [1.82, 2.24) is 24.4 Å². The van der Waals surface area contributed by atoms with Crippen LogP contribution in [0.15, 0.2) is 65.6 Å². The molecule has 33 heavy (non-hydrogen) atoms. The molecule has 0 aliphatic heterocycles. The Bertz CT molecular complexity index is 1510. The predicted octanol–water partition coefficient (Wildman–Crippen LogP) is 4.57. The summed E-state index contributed by atoms with van der Waals surface area (Å²) in [6.45, 7) is 2.58. The Kier molecular flexibility index (Phi) is 5.56. The first kappa shape index (κ1) is 21.2. The molecule has 2 aromatic carbocycles. The normalized spacial score (nSPS) is 11.4. The number of hydrogen-bond donors (Lipinski definition) is 0. The third kappa shape index (κ3) is 3.85. The van der Waals surface area contributed by atoms with Crippen LogP contribution < -0.4 is 10.3 Å². The van der Waals surface area contributed by atoms with E-state index in [1.807, 2.05) is 61.5 Å². The number of fused-ring (bicyclic) bond motifs is 3. The third-order valence-corrected chi connectivity index (χ3v) is 6.05. The lowest BCUT2D eigenvalue weighted by molar-refractivity contribution is 0.414.